The molecule has 0 atom stereocenters. The fourth-order valence-corrected chi connectivity index (χ4v) is 1.64. The number of benzene rings is 1. The standard InChI is InChI=1S/C12H12BrFO2/c1-2-16-12(15)8-3-5-9-10(13)6-4-7-11(9)14/h3-7H,2,8H2,1H3. The van der Waals surface area contributed by atoms with Gasteiger partial charge in [0.1, 0.15) is 5.82 Å². The summed E-state index contributed by atoms with van der Waals surface area (Å²) in [6, 6.07) is 4.73. The van der Waals surface area contributed by atoms with Gasteiger partial charge in [0.25, 0.3) is 0 Å². The Bertz CT molecular complexity index is 382. The number of carbonyl (C=O) groups excluding carboxylic acids is 1. The molecule has 0 heterocycles. The summed E-state index contributed by atoms with van der Waals surface area (Å²) in [7, 11) is 0. The van der Waals surface area contributed by atoms with Crippen LogP contribution < -0.4 is 0 Å². The average molecular weight is 287 g/mol. The molecular formula is C12H12BrFO2. The van der Waals surface area contributed by atoms with Gasteiger partial charge >= 0.3 is 5.97 Å². The molecule has 4 heteroatoms. The molecule has 0 fully saturated rings. The molecule has 1 aromatic carbocycles. The highest BCUT2D eigenvalue weighted by Gasteiger charge is 2.03. The van der Waals surface area contributed by atoms with Crippen LogP contribution in [0.25, 0.3) is 6.08 Å². The third kappa shape index (κ3) is 3.77. The molecule has 1 rings (SSSR count). The number of ether oxygens (including phenoxy) is 1. The maximum absolute atomic E-state index is 13.3. The molecule has 0 aliphatic carbocycles. The molecule has 0 aliphatic rings. The number of hydrogen-bond donors (Lipinski definition) is 0. The Hall–Kier alpha value is -1.16. The Kier molecular flexibility index (Phi) is 5.19. The van der Waals surface area contributed by atoms with Crippen molar-refractivity contribution in [2.45, 2.75) is 13.3 Å². The van der Waals surface area contributed by atoms with E-state index in [1.807, 2.05) is 0 Å². The Morgan fingerprint density at radius 1 is 1.56 bits per heavy atom. The fraction of sp³-hybridized carbons (Fsp3) is 0.250. The number of halogens is 2. The summed E-state index contributed by atoms with van der Waals surface area (Å²) < 4.78 is 18.7. The molecule has 0 saturated carbocycles. The first-order valence-electron chi connectivity index (χ1n) is 4.91. The van der Waals surface area contributed by atoms with E-state index in [0.717, 1.165) is 0 Å². The number of rotatable bonds is 4. The minimum atomic E-state index is -0.325. The number of carbonyl (C=O) groups is 1. The summed E-state index contributed by atoms with van der Waals surface area (Å²) in [5.41, 5.74) is 0.437. The second-order valence-electron chi connectivity index (χ2n) is 3.05. The van der Waals surface area contributed by atoms with Gasteiger partial charge in [-0.2, -0.15) is 0 Å². The summed E-state index contributed by atoms with van der Waals surface area (Å²) in [6.07, 6.45) is 3.30. The van der Waals surface area contributed by atoms with Crippen molar-refractivity contribution in [1.29, 1.82) is 0 Å². The van der Waals surface area contributed by atoms with E-state index in [4.69, 9.17) is 4.74 Å². The lowest BCUT2D eigenvalue weighted by Gasteiger charge is -2.00. The van der Waals surface area contributed by atoms with Crippen molar-refractivity contribution >= 4 is 28.0 Å². The first kappa shape index (κ1) is 12.9. The van der Waals surface area contributed by atoms with Crippen molar-refractivity contribution in [2.75, 3.05) is 6.61 Å². The molecule has 0 unspecified atom stereocenters. The van der Waals surface area contributed by atoms with E-state index < -0.39 is 0 Å². The molecule has 2 nitrogen and oxygen atoms in total. The van der Waals surface area contributed by atoms with Gasteiger partial charge in [0, 0.05) is 10.0 Å². The minimum absolute atomic E-state index is 0.147. The molecule has 0 saturated heterocycles. The van der Waals surface area contributed by atoms with Gasteiger partial charge in [-0.1, -0.05) is 34.1 Å². The van der Waals surface area contributed by atoms with Gasteiger partial charge in [0.2, 0.25) is 0 Å². The number of esters is 1. The maximum Gasteiger partial charge on any atom is 0.309 e. The first-order chi connectivity index (χ1) is 7.65. The number of hydrogen-bond acceptors (Lipinski definition) is 2. The molecule has 0 aliphatic heterocycles. The zero-order valence-corrected chi connectivity index (χ0v) is 10.5. The molecule has 0 amide bonds. The third-order valence-corrected chi connectivity index (χ3v) is 2.57. The molecule has 1 aromatic rings. The molecule has 0 bridgehead atoms. The second kappa shape index (κ2) is 6.43. The van der Waals surface area contributed by atoms with Gasteiger partial charge in [-0.15, -0.1) is 0 Å². The third-order valence-electron chi connectivity index (χ3n) is 1.87. The van der Waals surface area contributed by atoms with E-state index in [1.54, 1.807) is 31.2 Å². The van der Waals surface area contributed by atoms with Crippen molar-refractivity contribution in [3.8, 4) is 0 Å². The Labute approximate surface area is 102 Å². The first-order valence-corrected chi connectivity index (χ1v) is 5.70. The zero-order valence-electron chi connectivity index (χ0n) is 8.87. The van der Waals surface area contributed by atoms with Gasteiger partial charge < -0.3 is 4.74 Å². The van der Waals surface area contributed by atoms with E-state index in [-0.39, 0.29) is 18.2 Å². The van der Waals surface area contributed by atoms with E-state index in [2.05, 4.69) is 15.9 Å². The topological polar surface area (TPSA) is 26.3 Å². The molecular weight excluding hydrogens is 275 g/mol. The normalized spacial score (nSPS) is 10.7. The quantitative estimate of drug-likeness (QED) is 0.791. The smallest absolute Gasteiger partial charge is 0.309 e. The summed E-state index contributed by atoms with van der Waals surface area (Å²) >= 11 is 3.24. The van der Waals surface area contributed by atoms with Gasteiger partial charge in [-0.3, -0.25) is 4.79 Å². The summed E-state index contributed by atoms with van der Waals surface area (Å²) in [4.78, 5) is 11.0. The van der Waals surface area contributed by atoms with Crippen LogP contribution in [0.3, 0.4) is 0 Å². The van der Waals surface area contributed by atoms with E-state index >= 15 is 0 Å². The molecule has 0 N–H and O–H groups in total. The molecule has 0 radical (unpaired) electrons. The molecule has 0 aromatic heterocycles. The largest absolute Gasteiger partial charge is 0.466 e. The summed E-state index contributed by atoms with van der Waals surface area (Å²) in [6.45, 7) is 2.10. The lowest BCUT2D eigenvalue weighted by atomic mass is 10.2. The van der Waals surface area contributed by atoms with Crippen LogP contribution in [-0.4, -0.2) is 12.6 Å². The van der Waals surface area contributed by atoms with Crippen molar-refractivity contribution in [3.05, 3.63) is 40.1 Å². The van der Waals surface area contributed by atoms with E-state index in [0.29, 0.717) is 16.6 Å². The lowest BCUT2D eigenvalue weighted by Crippen LogP contribution is -2.01. The zero-order chi connectivity index (χ0) is 12.0. The van der Waals surface area contributed by atoms with Crippen LogP contribution in [0.1, 0.15) is 18.9 Å². The van der Waals surface area contributed by atoms with Crippen molar-refractivity contribution in [2.24, 2.45) is 0 Å². The van der Waals surface area contributed by atoms with Gasteiger partial charge in [0.15, 0.2) is 0 Å². The van der Waals surface area contributed by atoms with Crippen molar-refractivity contribution in [1.82, 2.24) is 0 Å². The van der Waals surface area contributed by atoms with Gasteiger partial charge in [0.05, 0.1) is 13.0 Å². The van der Waals surface area contributed by atoms with Crippen LogP contribution in [0.2, 0.25) is 0 Å². The van der Waals surface area contributed by atoms with Gasteiger partial charge in [-0.25, -0.2) is 4.39 Å². The predicted molar refractivity (Wildman–Crippen MR) is 64.4 cm³/mol. The highest BCUT2D eigenvalue weighted by Crippen LogP contribution is 2.21. The Balaban J connectivity index is 2.66. The molecule has 86 valence electrons. The Morgan fingerprint density at radius 2 is 2.31 bits per heavy atom. The summed E-state index contributed by atoms with van der Waals surface area (Å²) in [5.74, 6) is -0.638. The van der Waals surface area contributed by atoms with Crippen LogP contribution in [0.4, 0.5) is 4.39 Å². The monoisotopic (exact) mass is 286 g/mol. The van der Waals surface area contributed by atoms with E-state index in [1.165, 1.54) is 6.07 Å². The van der Waals surface area contributed by atoms with Crippen LogP contribution in [-0.2, 0) is 9.53 Å². The van der Waals surface area contributed by atoms with Crippen LogP contribution in [0, 0.1) is 5.82 Å². The van der Waals surface area contributed by atoms with Gasteiger partial charge in [-0.05, 0) is 19.1 Å². The van der Waals surface area contributed by atoms with Crippen LogP contribution in [0.15, 0.2) is 28.7 Å². The Morgan fingerprint density at radius 3 is 2.94 bits per heavy atom. The minimum Gasteiger partial charge on any atom is -0.466 e. The average Bonchev–Trinajstić information content (AvgIpc) is 2.23. The molecule has 0 spiro atoms. The predicted octanol–water partition coefficient (Wildman–Crippen LogP) is 3.55. The van der Waals surface area contributed by atoms with E-state index in [9.17, 15) is 9.18 Å². The molecule has 16 heavy (non-hydrogen) atoms. The maximum atomic E-state index is 13.3. The summed E-state index contributed by atoms with van der Waals surface area (Å²) in [5, 5.41) is 0. The lowest BCUT2D eigenvalue weighted by molar-refractivity contribution is -0.142. The second-order valence-corrected chi connectivity index (χ2v) is 3.90. The van der Waals surface area contributed by atoms with Crippen molar-refractivity contribution < 1.29 is 13.9 Å². The van der Waals surface area contributed by atoms with Crippen LogP contribution >= 0.6 is 15.9 Å². The highest BCUT2D eigenvalue weighted by molar-refractivity contribution is 9.10. The SMILES string of the molecule is CCOC(=O)CC=Cc1c(F)cccc1Br. The highest BCUT2D eigenvalue weighted by atomic mass is 79.9. The fourth-order valence-electron chi connectivity index (χ4n) is 1.16. The van der Waals surface area contributed by atoms with Crippen LogP contribution in [0.5, 0.6) is 0 Å². The van der Waals surface area contributed by atoms with Crippen molar-refractivity contribution in [3.63, 3.8) is 0 Å².